The van der Waals surface area contributed by atoms with Gasteiger partial charge in [-0.2, -0.15) is 0 Å². The number of rotatable bonds is 7. The Balaban J connectivity index is 2.56. The third kappa shape index (κ3) is 3.59. The highest BCUT2D eigenvalue weighted by Crippen LogP contribution is 2.16. The van der Waals surface area contributed by atoms with Gasteiger partial charge >= 0.3 is 0 Å². The predicted molar refractivity (Wildman–Crippen MR) is 62.1 cm³/mol. The molecule has 5 heteroatoms. The number of imidazole rings is 1. The van der Waals surface area contributed by atoms with Crippen LogP contribution < -0.4 is 5.32 Å². The van der Waals surface area contributed by atoms with E-state index < -0.39 is 0 Å². The van der Waals surface area contributed by atoms with E-state index in [1.807, 2.05) is 4.57 Å². The lowest BCUT2D eigenvalue weighted by atomic mass is 10.4. The topological polar surface area (TPSA) is 48.3 Å². The number of methoxy groups -OCH3 is 2. The van der Waals surface area contributed by atoms with Crippen LogP contribution in [0, 0.1) is 0 Å². The smallest absolute Gasteiger partial charge is 0.200 e. The second-order valence-electron chi connectivity index (χ2n) is 3.92. The summed E-state index contributed by atoms with van der Waals surface area (Å²) in [6, 6.07) is 0.493. The lowest BCUT2D eigenvalue weighted by molar-refractivity contribution is -0.110. The molecule has 1 heterocycles. The largest absolute Gasteiger partial charge is 0.350 e. The van der Waals surface area contributed by atoms with E-state index in [1.54, 1.807) is 26.7 Å². The molecule has 0 saturated carbocycles. The molecule has 1 rings (SSSR count). The summed E-state index contributed by atoms with van der Waals surface area (Å²) in [5.41, 5.74) is 0.940. The second kappa shape index (κ2) is 6.62. The molecule has 0 aromatic carbocycles. The van der Waals surface area contributed by atoms with Gasteiger partial charge in [0.15, 0.2) is 6.29 Å². The molecular weight excluding hydrogens is 206 g/mol. The number of ether oxygens (including phenoxy) is 2. The monoisotopic (exact) mass is 227 g/mol. The number of nitrogens with zero attached hydrogens (tertiary/aromatic N) is 2. The van der Waals surface area contributed by atoms with E-state index >= 15 is 0 Å². The Morgan fingerprint density at radius 3 is 2.62 bits per heavy atom. The average Bonchev–Trinajstić information content (AvgIpc) is 2.68. The van der Waals surface area contributed by atoms with Gasteiger partial charge < -0.3 is 19.4 Å². The SMILES string of the molecule is COC(OC)c1cncn1CCNC(C)C. The van der Waals surface area contributed by atoms with Crippen LogP contribution in [-0.4, -0.2) is 36.4 Å². The summed E-state index contributed by atoms with van der Waals surface area (Å²) in [4.78, 5) is 4.11. The highest BCUT2D eigenvalue weighted by molar-refractivity contribution is 5.00. The lowest BCUT2D eigenvalue weighted by Gasteiger charge is -2.16. The summed E-state index contributed by atoms with van der Waals surface area (Å²) in [6.45, 7) is 6.02. The van der Waals surface area contributed by atoms with E-state index in [4.69, 9.17) is 9.47 Å². The summed E-state index contributed by atoms with van der Waals surface area (Å²) in [6.07, 6.45) is 3.22. The van der Waals surface area contributed by atoms with Crippen LogP contribution in [0.15, 0.2) is 12.5 Å². The molecule has 0 aliphatic heterocycles. The zero-order chi connectivity index (χ0) is 12.0. The summed E-state index contributed by atoms with van der Waals surface area (Å²) < 4.78 is 12.5. The van der Waals surface area contributed by atoms with E-state index in [0.29, 0.717) is 6.04 Å². The van der Waals surface area contributed by atoms with Gasteiger partial charge in [0.25, 0.3) is 0 Å². The Hall–Kier alpha value is -0.910. The first-order valence-electron chi connectivity index (χ1n) is 5.48. The first kappa shape index (κ1) is 13.2. The molecule has 0 amide bonds. The Morgan fingerprint density at radius 2 is 2.06 bits per heavy atom. The van der Waals surface area contributed by atoms with Crippen LogP contribution in [0.1, 0.15) is 25.8 Å². The van der Waals surface area contributed by atoms with Crippen LogP contribution in [0.5, 0.6) is 0 Å². The molecule has 0 unspecified atom stereocenters. The predicted octanol–water partition coefficient (Wildman–Crippen LogP) is 1.17. The lowest BCUT2D eigenvalue weighted by Crippen LogP contribution is -2.27. The van der Waals surface area contributed by atoms with Crippen molar-refractivity contribution < 1.29 is 9.47 Å². The van der Waals surface area contributed by atoms with E-state index in [-0.39, 0.29) is 6.29 Å². The van der Waals surface area contributed by atoms with Crippen molar-refractivity contribution in [1.29, 1.82) is 0 Å². The van der Waals surface area contributed by atoms with E-state index in [9.17, 15) is 0 Å². The van der Waals surface area contributed by atoms with Crippen molar-refractivity contribution in [3.05, 3.63) is 18.2 Å². The van der Waals surface area contributed by atoms with Crippen molar-refractivity contribution in [2.24, 2.45) is 0 Å². The fraction of sp³-hybridized carbons (Fsp3) is 0.727. The molecule has 0 radical (unpaired) electrons. The van der Waals surface area contributed by atoms with Crippen molar-refractivity contribution in [1.82, 2.24) is 14.9 Å². The number of nitrogens with one attached hydrogen (secondary N) is 1. The average molecular weight is 227 g/mol. The molecule has 1 aromatic heterocycles. The van der Waals surface area contributed by atoms with Gasteiger partial charge in [0.2, 0.25) is 0 Å². The van der Waals surface area contributed by atoms with Crippen molar-refractivity contribution in [3.8, 4) is 0 Å². The summed E-state index contributed by atoms with van der Waals surface area (Å²) >= 11 is 0. The molecule has 1 N–H and O–H groups in total. The van der Waals surface area contributed by atoms with Crippen molar-refractivity contribution in [3.63, 3.8) is 0 Å². The minimum absolute atomic E-state index is 0.346. The maximum Gasteiger partial charge on any atom is 0.200 e. The fourth-order valence-corrected chi connectivity index (χ4v) is 1.53. The maximum atomic E-state index is 5.21. The molecule has 0 fully saturated rings. The van der Waals surface area contributed by atoms with Gasteiger partial charge in [-0.1, -0.05) is 13.8 Å². The minimum atomic E-state index is -0.346. The molecule has 0 saturated heterocycles. The Kier molecular flexibility index (Phi) is 5.45. The normalized spacial score (nSPS) is 11.6. The zero-order valence-corrected chi connectivity index (χ0v) is 10.4. The van der Waals surface area contributed by atoms with Crippen LogP contribution in [0.4, 0.5) is 0 Å². The fourth-order valence-electron chi connectivity index (χ4n) is 1.53. The highest BCUT2D eigenvalue weighted by Gasteiger charge is 2.13. The third-order valence-corrected chi connectivity index (χ3v) is 2.32. The van der Waals surface area contributed by atoms with Crippen LogP contribution >= 0.6 is 0 Å². The standard InChI is InChI=1S/C11H21N3O2/c1-9(2)13-5-6-14-8-12-7-10(14)11(15-3)16-4/h7-9,11,13H,5-6H2,1-4H3. The maximum absolute atomic E-state index is 5.21. The Labute approximate surface area is 96.8 Å². The number of hydrogen-bond donors (Lipinski definition) is 1. The van der Waals surface area contributed by atoms with Crippen LogP contribution in [-0.2, 0) is 16.0 Å². The van der Waals surface area contributed by atoms with Gasteiger partial charge in [0.1, 0.15) is 0 Å². The molecule has 92 valence electrons. The van der Waals surface area contributed by atoms with Gasteiger partial charge in [0, 0.05) is 33.4 Å². The molecular formula is C11H21N3O2. The molecule has 0 aliphatic rings. The number of aromatic nitrogens is 2. The summed E-state index contributed by atoms with van der Waals surface area (Å²) in [5, 5.41) is 3.36. The Morgan fingerprint density at radius 1 is 1.38 bits per heavy atom. The molecule has 5 nitrogen and oxygen atoms in total. The summed E-state index contributed by atoms with van der Waals surface area (Å²) in [7, 11) is 3.25. The van der Waals surface area contributed by atoms with Gasteiger partial charge in [0.05, 0.1) is 18.2 Å². The van der Waals surface area contributed by atoms with Gasteiger partial charge in [-0.25, -0.2) is 4.98 Å². The zero-order valence-electron chi connectivity index (χ0n) is 10.4. The number of hydrogen-bond acceptors (Lipinski definition) is 4. The van der Waals surface area contributed by atoms with Crippen LogP contribution in [0.25, 0.3) is 0 Å². The second-order valence-corrected chi connectivity index (χ2v) is 3.92. The Bertz CT molecular complexity index is 295. The molecule has 0 atom stereocenters. The first-order valence-corrected chi connectivity index (χ1v) is 5.48. The molecule has 16 heavy (non-hydrogen) atoms. The van der Waals surface area contributed by atoms with Gasteiger partial charge in [-0.3, -0.25) is 0 Å². The van der Waals surface area contributed by atoms with E-state index in [0.717, 1.165) is 18.8 Å². The quantitative estimate of drug-likeness (QED) is 0.710. The highest BCUT2D eigenvalue weighted by atomic mass is 16.7. The third-order valence-electron chi connectivity index (χ3n) is 2.32. The van der Waals surface area contributed by atoms with E-state index in [2.05, 4.69) is 24.1 Å². The van der Waals surface area contributed by atoms with Crippen molar-refractivity contribution in [2.45, 2.75) is 32.7 Å². The molecule has 0 aliphatic carbocycles. The van der Waals surface area contributed by atoms with Gasteiger partial charge in [-0.15, -0.1) is 0 Å². The minimum Gasteiger partial charge on any atom is -0.350 e. The molecule has 0 spiro atoms. The summed E-state index contributed by atoms with van der Waals surface area (Å²) in [5.74, 6) is 0. The van der Waals surface area contributed by atoms with Crippen LogP contribution in [0.2, 0.25) is 0 Å². The van der Waals surface area contributed by atoms with Crippen molar-refractivity contribution >= 4 is 0 Å². The molecule has 0 bridgehead atoms. The first-order chi connectivity index (χ1) is 7.69. The van der Waals surface area contributed by atoms with Crippen molar-refractivity contribution in [2.75, 3.05) is 20.8 Å². The van der Waals surface area contributed by atoms with E-state index in [1.165, 1.54) is 0 Å². The molecule has 1 aromatic rings. The van der Waals surface area contributed by atoms with Gasteiger partial charge in [-0.05, 0) is 0 Å². The van der Waals surface area contributed by atoms with Crippen LogP contribution in [0.3, 0.4) is 0 Å².